The van der Waals surface area contributed by atoms with Gasteiger partial charge in [0, 0.05) is 13.1 Å². The van der Waals surface area contributed by atoms with Crippen molar-refractivity contribution >= 4 is 0 Å². The van der Waals surface area contributed by atoms with Crippen LogP contribution in [-0.4, -0.2) is 9.78 Å². The van der Waals surface area contributed by atoms with E-state index in [0.717, 1.165) is 18.2 Å². The SMILES string of the molecule is Cc1ccc(-n2cc(C(C)(F)F)cn2)cc1. The first-order valence-corrected chi connectivity index (χ1v) is 4.97. The Hall–Kier alpha value is -1.71. The fourth-order valence-electron chi connectivity index (χ4n) is 1.39. The van der Waals surface area contributed by atoms with Crippen molar-refractivity contribution in [2.45, 2.75) is 19.8 Å². The molecule has 0 fully saturated rings. The molecule has 0 amide bonds. The summed E-state index contributed by atoms with van der Waals surface area (Å²) in [5, 5.41) is 3.92. The molecule has 84 valence electrons. The highest BCUT2D eigenvalue weighted by Gasteiger charge is 2.26. The Morgan fingerprint density at radius 2 is 1.81 bits per heavy atom. The highest BCUT2D eigenvalue weighted by atomic mass is 19.3. The maximum atomic E-state index is 13.0. The maximum Gasteiger partial charge on any atom is 0.273 e. The van der Waals surface area contributed by atoms with Gasteiger partial charge in [-0.1, -0.05) is 17.7 Å². The molecule has 0 N–H and O–H groups in total. The van der Waals surface area contributed by atoms with Gasteiger partial charge in [-0.25, -0.2) is 13.5 Å². The fraction of sp³-hybridized carbons (Fsp3) is 0.250. The Morgan fingerprint density at radius 3 is 2.31 bits per heavy atom. The number of rotatable bonds is 2. The lowest BCUT2D eigenvalue weighted by Crippen LogP contribution is -2.05. The van der Waals surface area contributed by atoms with Crippen LogP contribution >= 0.6 is 0 Å². The van der Waals surface area contributed by atoms with Crippen molar-refractivity contribution in [3.8, 4) is 5.69 Å². The summed E-state index contributed by atoms with van der Waals surface area (Å²) in [5.74, 6) is -2.84. The summed E-state index contributed by atoms with van der Waals surface area (Å²) in [6, 6.07) is 7.53. The molecule has 0 aliphatic rings. The maximum absolute atomic E-state index is 13.0. The number of nitrogens with zero attached hydrogens (tertiary/aromatic N) is 2. The van der Waals surface area contributed by atoms with E-state index in [1.54, 1.807) is 0 Å². The zero-order chi connectivity index (χ0) is 11.8. The number of halogens is 2. The summed E-state index contributed by atoms with van der Waals surface area (Å²) in [7, 11) is 0. The predicted molar refractivity (Wildman–Crippen MR) is 57.9 cm³/mol. The van der Waals surface area contributed by atoms with Gasteiger partial charge in [0.15, 0.2) is 0 Å². The number of alkyl halides is 2. The molecular weight excluding hydrogens is 210 g/mol. The molecule has 4 heteroatoms. The molecule has 0 spiro atoms. The Balaban J connectivity index is 2.35. The third-order valence-electron chi connectivity index (χ3n) is 2.39. The van der Waals surface area contributed by atoms with Crippen LogP contribution in [0.4, 0.5) is 8.78 Å². The molecule has 0 saturated heterocycles. The summed E-state index contributed by atoms with van der Waals surface area (Å²) in [6.45, 7) is 2.84. The van der Waals surface area contributed by atoms with E-state index in [1.807, 2.05) is 31.2 Å². The van der Waals surface area contributed by atoms with Crippen LogP contribution in [0.5, 0.6) is 0 Å². The molecule has 2 aromatic rings. The smallest absolute Gasteiger partial charge is 0.240 e. The molecule has 1 heterocycles. The van der Waals surface area contributed by atoms with E-state index < -0.39 is 5.92 Å². The van der Waals surface area contributed by atoms with Crippen LogP contribution < -0.4 is 0 Å². The molecule has 16 heavy (non-hydrogen) atoms. The molecular formula is C12H12F2N2. The summed E-state index contributed by atoms with van der Waals surface area (Å²) < 4.78 is 27.4. The molecule has 0 bridgehead atoms. The number of hydrogen-bond donors (Lipinski definition) is 0. The van der Waals surface area contributed by atoms with Gasteiger partial charge in [-0.2, -0.15) is 5.10 Å². The summed E-state index contributed by atoms with van der Waals surface area (Å²) >= 11 is 0. The van der Waals surface area contributed by atoms with Crippen molar-refractivity contribution in [3.05, 3.63) is 47.8 Å². The van der Waals surface area contributed by atoms with E-state index in [1.165, 1.54) is 17.1 Å². The molecule has 2 rings (SSSR count). The highest BCUT2D eigenvalue weighted by Crippen LogP contribution is 2.26. The first-order valence-electron chi connectivity index (χ1n) is 4.97. The second kappa shape index (κ2) is 3.70. The molecule has 0 saturated carbocycles. The minimum absolute atomic E-state index is 0.0759. The van der Waals surface area contributed by atoms with Crippen LogP contribution in [0.2, 0.25) is 0 Å². The van der Waals surface area contributed by atoms with Crippen LogP contribution in [0, 0.1) is 6.92 Å². The number of aryl methyl sites for hydroxylation is 1. The molecule has 0 aliphatic heterocycles. The quantitative estimate of drug-likeness (QED) is 0.762. The van der Waals surface area contributed by atoms with Crippen molar-refractivity contribution in [3.63, 3.8) is 0 Å². The van der Waals surface area contributed by atoms with Gasteiger partial charge in [0.2, 0.25) is 0 Å². The summed E-state index contributed by atoms with van der Waals surface area (Å²) in [4.78, 5) is 0. The predicted octanol–water partition coefficient (Wildman–Crippen LogP) is 3.29. The Labute approximate surface area is 92.5 Å². The minimum atomic E-state index is -2.84. The largest absolute Gasteiger partial charge is 0.273 e. The average molecular weight is 222 g/mol. The standard InChI is InChI=1S/C12H12F2N2/c1-9-3-5-11(6-4-9)16-8-10(7-15-16)12(2,13)14/h3-8H,1-2H3. The lowest BCUT2D eigenvalue weighted by molar-refractivity contribution is 0.0174. The van der Waals surface area contributed by atoms with Gasteiger partial charge in [-0.15, -0.1) is 0 Å². The molecule has 2 nitrogen and oxygen atoms in total. The molecule has 1 aromatic heterocycles. The number of benzene rings is 1. The average Bonchev–Trinajstić information content (AvgIpc) is 2.67. The van der Waals surface area contributed by atoms with E-state index in [4.69, 9.17) is 0 Å². The van der Waals surface area contributed by atoms with Gasteiger partial charge in [0.1, 0.15) is 0 Å². The Kier molecular flexibility index (Phi) is 2.50. The summed E-state index contributed by atoms with van der Waals surface area (Å²) in [5.41, 5.74) is 1.83. The van der Waals surface area contributed by atoms with E-state index >= 15 is 0 Å². The zero-order valence-electron chi connectivity index (χ0n) is 9.11. The monoisotopic (exact) mass is 222 g/mol. The van der Waals surface area contributed by atoms with E-state index in [-0.39, 0.29) is 5.56 Å². The Morgan fingerprint density at radius 1 is 1.19 bits per heavy atom. The molecule has 0 atom stereocenters. The molecule has 0 unspecified atom stereocenters. The third-order valence-corrected chi connectivity index (χ3v) is 2.39. The summed E-state index contributed by atoms with van der Waals surface area (Å²) in [6.07, 6.45) is 2.55. The van der Waals surface area contributed by atoms with Gasteiger partial charge in [0.05, 0.1) is 17.4 Å². The van der Waals surface area contributed by atoms with Crippen molar-refractivity contribution in [2.75, 3.05) is 0 Å². The van der Waals surface area contributed by atoms with Crippen LogP contribution in [0.3, 0.4) is 0 Å². The lowest BCUT2D eigenvalue weighted by Gasteiger charge is -2.05. The first kappa shape index (κ1) is 10.8. The van der Waals surface area contributed by atoms with Crippen molar-refractivity contribution in [1.82, 2.24) is 9.78 Å². The molecule has 0 radical (unpaired) electrons. The molecule has 1 aromatic carbocycles. The highest BCUT2D eigenvalue weighted by molar-refractivity contribution is 5.34. The second-order valence-corrected chi connectivity index (χ2v) is 3.90. The number of hydrogen-bond acceptors (Lipinski definition) is 1. The van der Waals surface area contributed by atoms with Gasteiger partial charge in [-0.3, -0.25) is 0 Å². The van der Waals surface area contributed by atoms with Crippen LogP contribution in [0.25, 0.3) is 5.69 Å². The zero-order valence-corrected chi connectivity index (χ0v) is 9.11. The van der Waals surface area contributed by atoms with Crippen molar-refractivity contribution in [1.29, 1.82) is 0 Å². The topological polar surface area (TPSA) is 17.8 Å². The minimum Gasteiger partial charge on any atom is -0.240 e. The van der Waals surface area contributed by atoms with Crippen molar-refractivity contribution < 1.29 is 8.78 Å². The van der Waals surface area contributed by atoms with Gasteiger partial charge in [0.25, 0.3) is 5.92 Å². The fourth-order valence-corrected chi connectivity index (χ4v) is 1.39. The van der Waals surface area contributed by atoms with Gasteiger partial charge < -0.3 is 0 Å². The van der Waals surface area contributed by atoms with E-state index in [0.29, 0.717) is 0 Å². The van der Waals surface area contributed by atoms with Gasteiger partial charge in [-0.05, 0) is 19.1 Å². The third kappa shape index (κ3) is 2.10. The van der Waals surface area contributed by atoms with Crippen molar-refractivity contribution in [2.24, 2.45) is 0 Å². The van der Waals surface area contributed by atoms with E-state index in [9.17, 15) is 8.78 Å². The van der Waals surface area contributed by atoms with Crippen LogP contribution in [-0.2, 0) is 5.92 Å². The first-order chi connectivity index (χ1) is 7.47. The Bertz CT molecular complexity index is 480. The van der Waals surface area contributed by atoms with E-state index in [2.05, 4.69) is 5.10 Å². The normalized spacial score (nSPS) is 11.8. The van der Waals surface area contributed by atoms with Gasteiger partial charge >= 0.3 is 0 Å². The number of aromatic nitrogens is 2. The van der Waals surface area contributed by atoms with Crippen LogP contribution in [0.15, 0.2) is 36.7 Å². The molecule has 0 aliphatic carbocycles. The second-order valence-electron chi connectivity index (χ2n) is 3.90. The van der Waals surface area contributed by atoms with Crippen LogP contribution in [0.1, 0.15) is 18.1 Å². The lowest BCUT2D eigenvalue weighted by atomic mass is 10.2.